The van der Waals surface area contributed by atoms with Crippen molar-refractivity contribution in [3.05, 3.63) is 0 Å². The quantitative estimate of drug-likeness (QED) is 0.387. The van der Waals surface area contributed by atoms with E-state index >= 15 is 0 Å². The summed E-state index contributed by atoms with van der Waals surface area (Å²) >= 11 is 0. The Morgan fingerprint density at radius 3 is 1.33 bits per heavy atom. The van der Waals surface area contributed by atoms with Crippen molar-refractivity contribution in [2.24, 2.45) is 28.1 Å². The molecule has 2 saturated heterocycles. The predicted octanol–water partition coefficient (Wildman–Crippen LogP) is 8.67. The molecule has 0 aromatic rings. The third-order valence-electron chi connectivity index (χ3n) is 7.36. The van der Waals surface area contributed by atoms with Crippen LogP contribution in [-0.4, -0.2) is 25.9 Å². The maximum Gasteiger partial charge on any atom is 0.0623 e. The zero-order valence-corrected chi connectivity index (χ0v) is 22.2. The molecule has 2 heterocycles. The Balaban J connectivity index is 0.000000225. The van der Waals surface area contributed by atoms with E-state index in [1.54, 1.807) is 0 Å². The van der Waals surface area contributed by atoms with E-state index in [4.69, 9.17) is 9.47 Å². The van der Waals surface area contributed by atoms with E-state index in [1.165, 1.54) is 64.2 Å². The molecule has 3 rings (SSSR count). The van der Waals surface area contributed by atoms with Gasteiger partial charge in [0.1, 0.15) is 0 Å². The number of hydrogen-bond donors (Lipinski definition) is 0. The molecule has 0 aromatic heterocycles. The summed E-state index contributed by atoms with van der Waals surface area (Å²) in [4.78, 5) is 0. The van der Waals surface area contributed by atoms with E-state index in [2.05, 4.69) is 62.3 Å². The summed E-state index contributed by atoms with van der Waals surface area (Å²) in [7, 11) is 0. The minimum Gasteiger partial charge on any atom is -0.381 e. The molecule has 0 radical (unpaired) electrons. The van der Waals surface area contributed by atoms with Crippen LogP contribution in [0.1, 0.15) is 127 Å². The first kappa shape index (κ1) is 28.0. The van der Waals surface area contributed by atoms with Crippen molar-refractivity contribution in [2.75, 3.05) is 19.8 Å². The Morgan fingerprint density at radius 2 is 1.03 bits per heavy atom. The minimum absolute atomic E-state index is 0.348. The molecule has 180 valence electrons. The van der Waals surface area contributed by atoms with Gasteiger partial charge < -0.3 is 9.47 Å². The molecule has 2 atom stereocenters. The number of rotatable bonds is 0. The van der Waals surface area contributed by atoms with Crippen molar-refractivity contribution in [1.29, 1.82) is 0 Å². The zero-order chi connectivity index (χ0) is 22.8. The van der Waals surface area contributed by atoms with Crippen LogP contribution >= 0.6 is 0 Å². The van der Waals surface area contributed by atoms with E-state index in [-0.39, 0.29) is 0 Å². The summed E-state index contributed by atoms with van der Waals surface area (Å²) < 4.78 is 11.1. The first-order valence-corrected chi connectivity index (χ1v) is 13.0. The molecule has 2 unspecified atom stereocenters. The summed E-state index contributed by atoms with van der Waals surface area (Å²) in [6.07, 6.45) is 14.3. The zero-order valence-electron chi connectivity index (χ0n) is 22.2. The second-order valence-corrected chi connectivity index (χ2v) is 13.2. The Hall–Kier alpha value is -0.0800. The highest BCUT2D eigenvalue weighted by Crippen LogP contribution is 2.37. The number of hydrogen-bond acceptors (Lipinski definition) is 2. The van der Waals surface area contributed by atoms with Crippen LogP contribution in [0.25, 0.3) is 0 Å². The molecule has 3 aliphatic rings. The van der Waals surface area contributed by atoms with Gasteiger partial charge in [-0.05, 0) is 73.0 Å². The van der Waals surface area contributed by atoms with Crippen molar-refractivity contribution >= 4 is 0 Å². The fourth-order valence-corrected chi connectivity index (χ4v) is 4.82. The molecule has 0 amide bonds. The molecule has 0 spiro atoms. The predicted molar refractivity (Wildman–Crippen MR) is 132 cm³/mol. The highest BCUT2D eigenvalue weighted by atomic mass is 16.5. The second kappa shape index (κ2) is 12.8. The van der Waals surface area contributed by atoms with Crippen LogP contribution in [0.2, 0.25) is 0 Å². The summed E-state index contributed by atoms with van der Waals surface area (Å²) in [5, 5.41) is 0. The molecule has 1 saturated carbocycles. The standard InChI is InChI=1S/C10H20.2C9H18O/c1-10(2,3)9-7-5-4-6-8-9;1-9(2,3)8-5-4-6-10-7-8;1-9(2,3)8-6-4-5-7-10-8/h9H,4-8H2,1-3H3;2*8H,4-7H2,1-3H3. The molecule has 3 fully saturated rings. The average Bonchev–Trinajstić information content (AvgIpc) is 2.69. The first-order valence-electron chi connectivity index (χ1n) is 13.0. The fourth-order valence-electron chi connectivity index (χ4n) is 4.82. The van der Waals surface area contributed by atoms with E-state index < -0.39 is 0 Å². The van der Waals surface area contributed by atoms with Crippen LogP contribution in [0.3, 0.4) is 0 Å². The van der Waals surface area contributed by atoms with Gasteiger partial charge >= 0.3 is 0 Å². The van der Waals surface area contributed by atoms with Gasteiger partial charge in [-0.25, -0.2) is 0 Å². The lowest BCUT2D eigenvalue weighted by Crippen LogP contribution is -2.32. The maximum atomic E-state index is 5.64. The van der Waals surface area contributed by atoms with Gasteiger partial charge in [0.05, 0.1) is 6.10 Å². The van der Waals surface area contributed by atoms with Crippen molar-refractivity contribution in [2.45, 2.75) is 133 Å². The smallest absolute Gasteiger partial charge is 0.0623 e. The van der Waals surface area contributed by atoms with E-state index in [0.717, 1.165) is 31.7 Å². The molecule has 2 aliphatic heterocycles. The fraction of sp³-hybridized carbons (Fsp3) is 1.00. The van der Waals surface area contributed by atoms with Crippen LogP contribution < -0.4 is 0 Å². The lowest BCUT2D eigenvalue weighted by molar-refractivity contribution is -0.0474. The summed E-state index contributed by atoms with van der Waals surface area (Å²) in [5.74, 6) is 1.78. The van der Waals surface area contributed by atoms with Gasteiger partial charge in [-0.2, -0.15) is 0 Å². The molecule has 1 aliphatic carbocycles. The normalized spacial score (nSPS) is 26.7. The molecular formula is C28H56O2. The molecule has 0 bridgehead atoms. The first-order chi connectivity index (χ1) is 13.8. The monoisotopic (exact) mass is 424 g/mol. The maximum absolute atomic E-state index is 5.64. The van der Waals surface area contributed by atoms with Gasteiger partial charge in [0.2, 0.25) is 0 Å². The summed E-state index contributed by atoms with van der Waals surface area (Å²) in [6, 6.07) is 0. The molecule has 0 N–H and O–H groups in total. The van der Waals surface area contributed by atoms with Gasteiger partial charge in [-0.15, -0.1) is 0 Å². The van der Waals surface area contributed by atoms with Crippen molar-refractivity contribution in [3.63, 3.8) is 0 Å². The SMILES string of the molecule is CC(C)(C)C1CCCCC1.CC(C)(C)C1CCCCO1.CC(C)(C)C1CCCOC1. The molecular weight excluding hydrogens is 368 g/mol. The largest absolute Gasteiger partial charge is 0.381 e. The van der Waals surface area contributed by atoms with Crippen molar-refractivity contribution in [1.82, 2.24) is 0 Å². The van der Waals surface area contributed by atoms with Crippen LogP contribution in [-0.2, 0) is 9.47 Å². The van der Waals surface area contributed by atoms with Crippen LogP contribution in [0.4, 0.5) is 0 Å². The molecule has 2 nitrogen and oxygen atoms in total. The van der Waals surface area contributed by atoms with E-state index in [1.807, 2.05) is 0 Å². The van der Waals surface area contributed by atoms with Gasteiger partial charge in [-0.1, -0.05) is 81.6 Å². The van der Waals surface area contributed by atoms with Crippen LogP contribution in [0.15, 0.2) is 0 Å². The van der Waals surface area contributed by atoms with Crippen molar-refractivity contribution < 1.29 is 9.47 Å². The Kier molecular flexibility index (Phi) is 12.0. The third kappa shape index (κ3) is 11.5. The minimum atomic E-state index is 0.348. The molecule has 30 heavy (non-hydrogen) atoms. The Labute approximate surface area is 190 Å². The lowest BCUT2D eigenvalue weighted by Gasteiger charge is -2.33. The summed E-state index contributed by atoms with van der Waals surface area (Å²) in [5.41, 5.74) is 1.36. The highest BCUT2D eigenvalue weighted by molar-refractivity contribution is 4.78. The molecule has 2 heteroatoms. The van der Waals surface area contributed by atoms with Crippen molar-refractivity contribution in [3.8, 4) is 0 Å². The Morgan fingerprint density at radius 1 is 0.500 bits per heavy atom. The van der Waals surface area contributed by atoms with Gasteiger partial charge in [0, 0.05) is 19.8 Å². The van der Waals surface area contributed by atoms with Crippen LogP contribution in [0.5, 0.6) is 0 Å². The molecule has 0 aromatic carbocycles. The third-order valence-corrected chi connectivity index (χ3v) is 7.36. The van der Waals surface area contributed by atoms with E-state index in [9.17, 15) is 0 Å². The number of ether oxygens (including phenoxy) is 2. The van der Waals surface area contributed by atoms with Gasteiger partial charge in [0.25, 0.3) is 0 Å². The Bertz CT molecular complexity index is 350. The lowest BCUT2D eigenvalue weighted by atomic mass is 9.72. The second-order valence-electron chi connectivity index (χ2n) is 13.2. The van der Waals surface area contributed by atoms with E-state index in [0.29, 0.717) is 22.3 Å². The average molecular weight is 425 g/mol. The highest BCUT2D eigenvalue weighted by Gasteiger charge is 2.27. The van der Waals surface area contributed by atoms with Gasteiger partial charge in [0.15, 0.2) is 0 Å². The summed E-state index contributed by atoms with van der Waals surface area (Å²) in [6.45, 7) is 23.7. The topological polar surface area (TPSA) is 18.5 Å². The van der Waals surface area contributed by atoms with Crippen LogP contribution in [0, 0.1) is 28.1 Å². The van der Waals surface area contributed by atoms with Gasteiger partial charge in [-0.3, -0.25) is 0 Å².